The van der Waals surface area contributed by atoms with Gasteiger partial charge in [-0.25, -0.2) is 9.67 Å². The third-order valence-corrected chi connectivity index (χ3v) is 7.30. The van der Waals surface area contributed by atoms with Crippen molar-refractivity contribution in [3.63, 3.8) is 0 Å². The van der Waals surface area contributed by atoms with E-state index < -0.39 is 0 Å². The second kappa shape index (κ2) is 11.6. The number of Topliss-reactive ketones (excluding diaryl/α,β-unsaturated/α-hetero) is 1. The lowest BCUT2D eigenvalue weighted by atomic mass is 9.84. The molecule has 1 aliphatic carbocycles. The van der Waals surface area contributed by atoms with Crippen LogP contribution in [0.5, 0.6) is 0 Å². The number of nitrogens with zero attached hydrogens (tertiary/aromatic N) is 7. The Morgan fingerprint density at radius 2 is 1.86 bits per heavy atom. The van der Waals surface area contributed by atoms with E-state index in [4.69, 9.17) is 0 Å². The Kier molecular flexibility index (Phi) is 7.87. The van der Waals surface area contributed by atoms with Crippen molar-refractivity contribution in [1.29, 1.82) is 0 Å². The van der Waals surface area contributed by atoms with Crippen LogP contribution in [0.4, 0.5) is 0 Å². The lowest BCUT2D eigenvalue weighted by Gasteiger charge is -2.22. The number of aryl methyl sites for hydroxylation is 1. The topological polar surface area (TPSA) is 107 Å². The lowest BCUT2D eigenvalue weighted by molar-refractivity contribution is 0.0971. The molecule has 1 saturated carbocycles. The van der Waals surface area contributed by atoms with Gasteiger partial charge in [-0.15, -0.1) is 15.3 Å². The van der Waals surface area contributed by atoms with Crippen LogP contribution in [0.2, 0.25) is 0 Å². The van der Waals surface area contributed by atoms with E-state index in [0.717, 1.165) is 48.5 Å². The van der Waals surface area contributed by atoms with Gasteiger partial charge in [-0.3, -0.25) is 4.79 Å². The number of hydrogen-bond donors (Lipinski definition) is 1. The molecule has 0 aliphatic heterocycles. The van der Waals surface area contributed by atoms with Crippen molar-refractivity contribution in [1.82, 2.24) is 40.0 Å². The van der Waals surface area contributed by atoms with Crippen molar-refractivity contribution in [2.24, 2.45) is 0 Å². The van der Waals surface area contributed by atoms with Crippen LogP contribution in [0.1, 0.15) is 105 Å². The summed E-state index contributed by atoms with van der Waals surface area (Å²) in [4.78, 5) is 17.0. The molecule has 5 rings (SSSR count). The Labute approximate surface area is 217 Å². The molecule has 0 saturated heterocycles. The molecule has 1 fully saturated rings. The number of H-pyrrole nitrogens is 1. The fraction of sp³-hybridized carbons (Fsp3) is 0.500. The minimum absolute atomic E-state index is 0.0183. The first kappa shape index (κ1) is 25.0. The SMILES string of the molecule is CCCCc1nc(C(=O)CCC)nn1Cc1ccc(-n2ccc(C3CCCCC3)c2-c2nn[nH]n2)cc1. The maximum absolute atomic E-state index is 12.4. The summed E-state index contributed by atoms with van der Waals surface area (Å²) in [5.41, 5.74) is 4.49. The predicted octanol–water partition coefficient (Wildman–Crippen LogP) is 5.67. The Morgan fingerprint density at radius 1 is 1.05 bits per heavy atom. The van der Waals surface area contributed by atoms with Gasteiger partial charge in [-0.1, -0.05) is 51.7 Å². The molecule has 1 aromatic carbocycles. The number of benzene rings is 1. The van der Waals surface area contributed by atoms with Gasteiger partial charge in [0.05, 0.1) is 12.2 Å². The van der Waals surface area contributed by atoms with Gasteiger partial charge in [0.25, 0.3) is 0 Å². The second-order valence-corrected chi connectivity index (χ2v) is 10.0. The zero-order chi connectivity index (χ0) is 25.6. The summed E-state index contributed by atoms with van der Waals surface area (Å²) in [7, 11) is 0. The maximum Gasteiger partial charge on any atom is 0.221 e. The summed E-state index contributed by atoms with van der Waals surface area (Å²) >= 11 is 0. The first-order valence-corrected chi connectivity index (χ1v) is 13.7. The predicted molar refractivity (Wildman–Crippen MR) is 142 cm³/mol. The van der Waals surface area contributed by atoms with Gasteiger partial charge >= 0.3 is 0 Å². The molecule has 0 spiro atoms. The molecule has 194 valence electrons. The average molecular weight is 501 g/mol. The largest absolute Gasteiger partial charge is 0.313 e. The normalized spacial score (nSPS) is 14.3. The number of rotatable bonds is 11. The number of carbonyl (C=O) groups excluding carboxylic acids is 1. The Bertz CT molecular complexity index is 1300. The highest BCUT2D eigenvalue weighted by Gasteiger charge is 2.24. The van der Waals surface area contributed by atoms with Crippen molar-refractivity contribution in [2.45, 2.75) is 90.5 Å². The van der Waals surface area contributed by atoms with Crippen LogP contribution in [-0.4, -0.2) is 45.7 Å². The van der Waals surface area contributed by atoms with Crippen LogP contribution < -0.4 is 0 Å². The number of ketones is 1. The molecule has 9 nitrogen and oxygen atoms in total. The van der Waals surface area contributed by atoms with Gasteiger partial charge in [-0.05, 0) is 66.1 Å². The molecule has 0 radical (unpaired) electrons. The van der Waals surface area contributed by atoms with Gasteiger partial charge in [0.2, 0.25) is 17.4 Å². The summed E-state index contributed by atoms with van der Waals surface area (Å²) in [6.45, 7) is 4.75. The number of hydrogen-bond acceptors (Lipinski definition) is 6. The third kappa shape index (κ3) is 5.55. The number of unbranched alkanes of at least 4 members (excludes halogenated alkanes) is 1. The molecule has 0 atom stereocenters. The van der Waals surface area contributed by atoms with Gasteiger partial charge in [-0.2, -0.15) is 5.21 Å². The van der Waals surface area contributed by atoms with Crippen LogP contribution >= 0.6 is 0 Å². The van der Waals surface area contributed by atoms with Crippen LogP contribution in [0.15, 0.2) is 36.5 Å². The summed E-state index contributed by atoms with van der Waals surface area (Å²) < 4.78 is 4.07. The standard InChI is InChI=1S/C28H36N8O/c1-3-5-12-25-29-27(24(37)9-4-2)32-36(25)19-20-13-15-22(16-14-20)35-18-17-23(21-10-7-6-8-11-21)26(35)28-30-33-34-31-28/h13-18,21H,3-12,19H2,1-2H3,(H,30,31,33,34). The highest BCUT2D eigenvalue weighted by Crippen LogP contribution is 2.38. The maximum atomic E-state index is 12.4. The molecule has 9 heteroatoms. The zero-order valence-electron chi connectivity index (χ0n) is 21.9. The fourth-order valence-corrected chi connectivity index (χ4v) is 5.32. The molecule has 3 heterocycles. The number of carbonyl (C=O) groups is 1. The van der Waals surface area contributed by atoms with Gasteiger partial charge in [0.15, 0.2) is 0 Å². The lowest BCUT2D eigenvalue weighted by Crippen LogP contribution is -2.08. The van der Waals surface area contributed by atoms with Gasteiger partial charge in [0.1, 0.15) is 5.82 Å². The Balaban J connectivity index is 1.41. The molecule has 0 amide bonds. The number of tetrazole rings is 1. The van der Waals surface area contributed by atoms with E-state index in [1.54, 1.807) is 0 Å². The third-order valence-electron chi connectivity index (χ3n) is 7.30. The van der Waals surface area contributed by atoms with E-state index in [1.807, 2.05) is 11.6 Å². The van der Waals surface area contributed by atoms with Crippen LogP contribution in [-0.2, 0) is 13.0 Å². The van der Waals surface area contributed by atoms with Crippen molar-refractivity contribution >= 4 is 5.78 Å². The first-order chi connectivity index (χ1) is 18.2. The molecule has 4 aromatic rings. The van der Waals surface area contributed by atoms with Crippen molar-refractivity contribution < 1.29 is 4.79 Å². The van der Waals surface area contributed by atoms with E-state index in [-0.39, 0.29) is 5.78 Å². The summed E-state index contributed by atoms with van der Waals surface area (Å²) in [5.74, 6) is 2.40. The number of aromatic nitrogens is 8. The van der Waals surface area contributed by atoms with E-state index in [9.17, 15) is 4.79 Å². The van der Waals surface area contributed by atoms with Crippen molar-refractivity contribution in [3.8, 4) is 17.2 Å². The summed E-state index contributed by atoms with van der Waals surface area (Å²) in [6, 6.07) is 10.7. The average Bonchev–Trinajstić information content (AvgIpc) is 3.68. The molecule has 37 heavy (non-hydrogen) atoms. The van der Waals surface area contributed by atoms with Crippen LogP contribution in [0.25, 0.3) is 17.2 Å². The monoisotopic (exact) mass is 500 g/mol. The highest BCUT2D eigenvalue weighted by atomic mass is 16.1. The quantitative estimate of drug-likeness (QED) is 0.266. The Hall–Kier alpha value is -3.62. The van der Waals surface area contributed by atoms with Gasteiger partial charge < -0.3 is 4.57 Å². The number of nitrogens with one attached hydrogen (secondary N) is 1. The minimum Gasteiger partial charge on any atom is -0.313 e. The fourth-order valence-electron chi connectivity index (χ4n) is 5.32. The summed E-state index contributed by atoms with van der Waals surface area (Å²) in [6.07, 6.45) is 12.6. The molecular weight excluding hydrogens is 464 g/mol. The molecule has 3 aromatic heterocycles. The summed E-state index contributed by atoms with van der Waals surface area (Å²) in [5, 5.41) is 19.7. The van der Waals surface area contributed by atoms with E-state index in [1.165, 1.54) is 37.7 Å². The molecule has 1 N–H and O–H groups in total. The number of aromatic amines is 1. The van der Waals surface area contributed by atoms with Crippen LogP contribution in [0, 0.1) is 0 Å². The highest BCUT2D eigenvalue weighted by molar-refractivity contribution is 5.92. The van der Waals surface area contributed by atoms with Gasteiger partial charge in [0, 0.05) is 24.7 Å². The van der Waals surface area contributed by atoms with E-state index in [2.05, 4.69) is 78.7 Å². The van der Waals surface area contributed by atoms with Crippen molar-refractivity contribution in [3.05, 3.63) is 59.3 Å². The first-order valence-electron chi connectivity index (χ1n) is 13.7. The smallest absolute Gasteiger partial charge is 0.221 e. The second-order valence-electron chi connectivity index (χ2n) is 10.0. The molecule has 0 bridgehead atoms. The zero-order valence-corrected chi connectivity index (χ0v) is 21.9. The Morgan fingerprint density at radius 3 is 2.57 bits per heavy atom. The minimum atomic E-state index is 0.0183. The molecule has 0 unspecified atom stereocenters. The molecular formula is C28H36N8O. The van der Waals surface area contributed by atoms with Crippen molar-refractivity contribution in [2.75, 3.05) is 0 Å². The van der Waals surface area contributed by atoms with E-state index >= 15 is 0 Å². The van der Waals surface area contributed by atoms with E-state index in [0.29, 0.717) is 30.5 Å². The molecule has 1 aliphatic rings. The van der Waals surface area contributed by atoms with Crippen LogP contribution in [0.3, 0.4) is 0 Å².